The fourth-order valence-electron chi connectivity index (χ4n) is 4.00. The molecule has 8 heteroatoms. The first-order valence-corrected chi connectivity index (χ1v) is 16.4. The van der Waals surface area contributed by atoms with E-state index in [4.69, 9.17) is 18.9 Å². The third-order valence-corrected chi connectivity index (χ3v) is 7.18. The third-order valence-electron chi connectivity index (χ3n) is 7.18. The lowest BCUT2D eigenvalue weighted by Crippen LogP contribution is -2.35. The molecule has 0 aliphatic heterocycles. The number of ether oxygens (including phenoxy) is 4. The van der Waals surface area contributed by atoms with E-state index in [-0.39, 0.29) is 0 Å². The van der Waals surface area contributed by atoms with Gasteiger partial charge in [0.1, 0.15) is 36.9 Å². The van der Waals surface area contributed by atoms with Crippen molar-refractivity contribution >= 4 is 6.08 Å². The summed E-state index contributed by atoms with van der Waals surface area (Å²) in [6.45, 7) is 12.4. The molecule has 4 N–H and O–H groups in total. The van der Waals surface area contributed by atoms with E-state index in [1.807, 2.05) is 56.3 Å². The lowest BCUT2D eigenvalue weighted by molar-refractivity contribution is 0.104. The van der Waals surface area contributed by atoms with Gasteiger partial charge in [0.2, 0.25) is 0 Å². The van der Waals surface area contributed by atoms with Gasteiger partial charge in [0.15, 0.2) is 0 Å². The van der Waals surface area contributed by atoms with E-state index >= 15 is 0 Å². The average molecular weight is 613 g/mol. The summed E-state index contributed by atoms with van der Waals surface area (Å²) in [7, 11) is 0. The zero-order valence-electron chi connectivity index (χ0n) is 27.3. The Labute approximate surface area is 265 Å². The Hall–Kier alpha value is -2.62. The molecule has 0 saturated heterocycles. The highest BCUT2D eigenvalue weighted by Gasteiger charge is 2.21. The Kier molecular flexibility index (Phi) is 16.6. The molecular weight excluding hydrogens is 556 g/mol. The van der Waals surface area contributed by atoms with Crippen molar-refractivity contribution in [3.8, 4) is 11.5 Å². The van der Waals surface area contributed by atoms with Gasteiger partial charge in [0.25, 0.3) is 0 Å². The van der Waals surface area contributed by atoms with Crippen LogP contribution in [-0.4, -0.2) is 80.6 Å². The maximum absolute atomic E-state index is 9.80. The van der Waals surface area contributed by atoms with Gasteiger partial charge in [0, 0.05) is 31.8 Å². The van der Waals surface area contributed by atoms with Crippen molar-refractivity contribution in [2.24, 2.45) is 11.8 Å². The summed E-state index contributed by atoms with van der Waals surface area (Å²) >= 11 is 0. The molecule has 2 aromatic carbocycles. The lowest BCUT2D eigenvalue weighted by Gasteiger charge is -2.15. The molecule has 2 aromatic rings. The van der Waals surface area contributed by atoms with E-state index < -0.39 is 12.2 Å². The first kappa shape index (κ1) is 35.9. The predicted octanol–water partition coefficient (Wildman–Crippen LogP) is 5.22. The molecule has 4 rings (SSSR count). The zero-order valence-corrected chi connectivity index (χ0v) is 27.3. The number of nitrogens with one attached hydrogen (secondary N) is 2. The second-order valence-corrected chi connectivity index (χ2v) is 12.6. The van der Waals surface area contributed by atoms with Crippen LogP contribution in [0, 0.1) is 11.8 Å². The second-order valence-electron chi connectivity index (χ2n) is 12.6. The first-order valence-electron chi connectivity index (χ1n) is 16.4. The quantitative estimate of drug-likeness (QED) is 0.113. The zero-order chi connectivity index (χ0) is 31.6. The maximum Gasteiger partial charge on any atom is 0.119 e. The molecule has 246 valence electrons. The molecule has 2 fully saturated rings. The molecule has 0 heterocycles. The maximum atomic E-state index is 9.80. The summed E-state index contributed by atoms with van der Waals surface area (Å²) in [6.07, 6.45) is 8.94. The molecule has 0 bridgehead atoms. The van der Waals surface area contributed by atoms with Crippen LogP contribution >= 0.6 is 0 Å². The number of hydrogen-bond donors (Lipinski definition) is 4. The Morgan fingerprint density at radius 1 is 0.727 bits per heavy atom. The SMILES string of the molecule is CC(C)NCC(O)COc1ccc(C=COCC2CC2)cc1.CC(C)NCC(O)COc1ccc(CCOCC2CC2)cc1. The van der Waals surface area contributed by atoms with Gasteiger partial charge in [-0.05, 0) is 85.4 Å². The van der Waals surface area contributed by atoms with Crippen molar-refractivity contribution in [1.29, 1.82) is 0 Å². The summed E-state index contributed by atoms with van der Waals surface area (Å²) in [5.41, 5.74) is 2.33. The van der Waals surface area contributed by atoms with Crippen LogP contribution in [-0.2, 0) is 15.9 Å². The number of rotatable bonds is 21. The summed E-state index contributed by atoms with van der Waals surface area (Å²) in [5.74, 6) is 3.16. The molecule has 0 radical (unpaired) electrons. The topological polar surface area (TPSA) is 101 Å². The van der Waals surface area contributed by atoms with E-state index in [2.05, 4.69) is 36.6 Å². The minimum absolute atomic E-state index is 0.291. The number of aliphatic hydroxyl groups excluding tert-OH is 2. The third kappa shape index (κ3) is 17.6. The molecule has 8 nitrogen and oxygen atoms in total. The Morgan fingerprint density at radius 3 is 1.73 bits per heavy atom. The van der Waals surface area contributed by atoms with Gasteiger partial charge in [-0.2, -0.15) is 0 Å². The Bertz CT molecular complexity index is 1040. The molecular formula is C36H56N2O6. The second kappa shape index (κ2) is 20.4. The standard InChI is InChI=1S/C18H29NO3.C18H27NO3/c2*1-14(2)19-11-17(20)13-22-18-7-5-15(6-8-18)9-10-21-12-16-3-4-16/h5-8,14,16-17,19-20H,3-4,9-13H2,1-2H3;5-10,14,16-17,19-20H,3-4,11-13H2,1-2H3. The van der Waals surface area contributed by atoms with Crippen molar-refractivity contribution < 1.29 is 29.2 Å². The molecule has 0 amide bonds. The highest BCUT2D eigenvalue weighted by Crippen LogP contribution is 2.29. The van der Waals surface area contributed by atoms with Gasteiger partial charge in [-0.15, -0.1) is 0 Å². The van der Waals surface area contributed by atoms with Crippen LogP contribution in [0.3, 0.4) is 0 Å². The van der Waals surface area contributed by atoms with E-state index in [1.165, 1.54) is 31.2 Å². The van der Waals surface area contributed by atoms with Crippen LogP contribution < -0.4 is 20.1 Å². The van der Waals surface area contributed by atoms with Gasteiger partial charge in [-0.3, -0.25) is 0 Å². The van der Waals surface area contributed by atoms with Crippen molar-refractivity contribution in [3.05, 3.63) is 65.9 Å². The van der Waals surface area contributed by atoms with Crippen LogP contribution in [0.4, 0.5) is 0 Å². The molecule has 0 spiro atoms. The number of aliphatic hydroxyl groups is 2. The predicted molar refractivity (Wildman–Crippen MR) is 177 cm³/mol. The number of hydrogen-bond acceptors (Lipinski definition) is 8. The minimum atomic E-state index is -0.502. The van der Waals surface area contributed by atoms with Crippen LogP contribution in [0.5, 0.6) is 11.5 Å². The van der Waals surface area contributed by atoms with E-state index in [9.17, 15) is 10.2 Å². The summed E-state index contributed by atoms with van der Waals surface area (Å²) in [4.78, 5) is 0. The van der Waals surface area contributed by atoms with Gasteiger partial charge in [0.05, 0.1) is 19.5 Å². The van der Waals surface area contributed by atoms with E-state index in [0.717, 1.165) is 55.1 Å². The van der Waals surface area contributed by atoms with Crippen LogP contribution in [0.15, 0.2) is 54.8 Å². The molecule has 2 atom stereocenters. The monoisotopic (exact) mass is 612 g/mol. The summed E-state index contributed by atoms with van der Waals surface area (Å²) in [5, 5.41) is 26.0. The highest BCUT2D eigenvalue weighted by molar-refractivity contribution is 5.49. The van der Waals surface area contributed by atoms with Crippen molar-refractivity contribution in [2.75, 3.05) is 46.1 Å². The molecule has 2 unspecified atom stereocenters. The minimum Gasteiger partial charge on any atom is -0.501 e. The van der Waals surface area contributed by atoms with Crippen LogP contribution in [0.2, 0.25) is 0 Å². The fourth-order valence-corrected chi connectivity index (χ4v) is 4.00. The molecule has 2 saturated carbocycles. The molecule has 0 aromatic heterocycles. The normalized spacial score (nSPS) is 16.1. The van der Waals surface area contributed by atoms with Crippen LogP contribution in [0.1, 0.15) is 64.5 Å². The van der Waals surface area contributed by atoms with Gasteiger partial charge in [-0.1, -0.05) is 52.0 Å². The fraction of sp³-hybridized carbons (Fsp3) is 0.611. The van der Waals surface area contributed by atoms with E-state index in [0.29, 0.717) is 38.4 Å². The first-order chi connectivity index (χ1) is 21.3. The average Bonchev–Trinajstić information content (AvgIpc) is 3.95. The lowest BCUT2D eigenvalue weighted by atomic mass is 10.1. The van der Waals surface area contributed by atoms with Gasteiger partial charge < -0.3 is 39.8 Å². The smallest absolute Gasteiger partial charge is 0.119 e. The largest absolute Gasteiger partial charge is 0.501 e. The van der Waals surface area contributed by atoms with E-state index in [1.54, 1.807) is 6.26 Å². The van der Waals surface area contributed by atoms with Crippen molar-refractivity contribution in [3.63, 3.8) is 0 Å². The van der Waals surface area contributed by atoms with Gasteiger partial charge >= 0.3 is 0 Å². The molecule has 44 heavy (non-hydrogen) atoms. The number of benzene rings is 2. The molecule has 2 aliphatic rings. The highest BCUT2D eigenvalue weighted by atomic mass is 16.5. The Balaban J connectivity index is 0.000000240. The van der Waals surface area contributed by atoms with Crippen molar-refractivity contribution in [1.82, 2.24) is 10.6 Å². The summed E-state index contributed by atoms with van der Waals surface area (Å²) in [6, 6.07) is 16.5. The summed E-state index contributed by atoms with van der Waals surface area (Å²) < 4.78 is 22.3. The van der Waals surface area contributed by atoms with Crippen LogP contribution in [0.25, 0.3) is 6.08 Å². The van der Waals surface area contributed by atoms with Crippen molar-refractivity contribution in [2.45, 2.75) is 84.1 Å². The molecule has 2 aliphatic carbocycles. The Morgan fingerprint density at radius 2 is 1.23 bits per heavy atom. The van der Waals surface area contributed by atoms with Gasteiger partial charge in [-0.25, -0.2) is 0 Å².